The van der Waals surface area contributed by atoms with E-state index in [1.807, 2.05) is 36.9 Å². The number of halogens is 1. The molecule has 1 aromatic carbocycles. The number of methoxy groups -OCH3 is 1. The lowest BCUT2D eigenvalue weighted by Crippen LogP contribution is -2.12. The van der Waals surface area contributed by atoms with Crippen molar-refractivity contribution < 1.29 is 4.74 Å². The molecule has 0 saturated carbocycles. The van der Waals surface area contributed by atoms with Gasteiger partial charge >= 0.3 is 0 Å². The number of fused-ring (bicyclic) bond motifs is 1. The molecule has 0 saturated heterocycles. The Morgan fingerprint density at radius 1 is 1.42 bits per heavy atom. The fourth-order valence-electron chi connectivity index (χ4n) is 2.28. The molecule has 0 fully saturated rings. The third kappa shape index (κ3) is 2.84. The lowest BCUT2D eigenvalue weighted by atomic mass is 10.2. The number of ether oxygens (including phenoxy) is 1. The van der Waals surface area contributed by atoms with Gasteiger partial charge in [-0.25, -0.2) is 4.98 Å². The van der Waals surface area contributed by atoms with E-state index >= 15 is 0 Å². The molecule has 0 N–H and O–H groups in total. The molecule has 0 aliphatic heterocycles. The first-order valence-electron chi connectivity index (χ1n) is 6.27. The first kappa shape index (κ1) is 14.5. The van der Waals surface area contributed by atoms with Crippen LogP contribution in [0.4, 0.5) is 0 Å². The van der Waals surface area contributed by atoms with E-state index in [-0.39, 0.29) is 5.38 Å². The minimum Gasteiger partial charge on any atom is -0.497 e. The monoisotopic (exact) mass is 298 g/mol. The zero-order valence-electron chi connectivity index (χ0n) is 11.7. The van der Waals surface area contributed by atoms with Crippen molar-refractivity contribution in [1.29, 1.82) is 0 Å². The molecule has 1 aromatic heterocycles. The molecule has 19 heavy (non-hydrogen) atoms. The van der Waals surface area contributed by atoms with Crippen molar-refractivity contribution in [2.45, 2.75) is 25.3 Å². The third-order valence-corrected chi connectivity index (χ3v) is 4.14. The van der Waals surface area contributed by atoms with E-state index in [0.29, 0.717) is 6.04 Å². The molecule has 0 aliphatic rings. The highest BCUT2D eigenvalue weighted by Gasteiger charge is 2.19. The normalized spacial score (nSPS) is 14.6. The van der Waals surface area contributed by atoms with E-state index in [9.17, 15) is 0 Å². The van der Waals surface area contributed by atoms with E-state index in [4.69, 9.17) is 16.3 Å². The average molecular weight is 299 g/mol. The maximum atomic E-state index is 6.28. The van der Waals surface area contributed by atoms with E-state index < -0.39 is 0 Å². The van der Waals surface area contributed by atoms with Gasteiger partial charge in [-0.3, -0.25) is 0 Å². The third-order valence-electron chi connectivity index (χ3n) is 3.13. The van der Waals surface area contributed by atoms with Gasteiger partial charge in [0.25, 0.3) is 0 Å². The second-order valence-electron chi connectivity index (χ2n) is 4.62. The van der Waals surface area contributed by atoms with Crippen LogP contribution in [0.2, 0.25) is 0 Å². The van der Waals surface area contributed by atoms with Gasteiger partial charge in [0.05, 0.1) is 23.5 Å². The Kier molecular flexibility index (Phi) is 4.63. The van der Waals surface area contributed by atoms with Crippen LogP contribution in [0.25, 0.3) is 11.0 Å². The molecule has 0 aliphatic carbocycles. The fraction of sp³-hybridized carbons (Fsp3) is 0.500. The largest absolute Gasteiger partial charge is 0.497 e. The molecule has 104 valence electrons. The highest BCUT2D eigenvalue weighted by atomic mass is 35.5. The van der Waals surface area contributed by atoms with Gasteiger partial charge in [-0.1, -0.05) is 0 Å². The Morgan fingerprint density at radius 2 is 2.16 bits per heavy atom. The molecule has 0 amide bonds. The average Bonchev–Trinajstić information content (AvgIpc) is 2.77. The lowest BCUT2D eigenvalue weighted by molar-refractivity contribution is 0.415. The van der Waals surface area contributed by atoms with Gasteiger partial charge in [0.1, 0.15) is 11.6 Å². The van der Waals surface area contributed by atoms with E-state index in [2.05, 4.69) is 22.7 Å². The van der Waals surface area contributed by atoms with Crippen LogP contribution in [0.15, 0.2) is 18.2 Å². The minimum atomic E-state index is -0.109. The molecular formula is C14H19ClN2OS. The number of hydrogen-bond donors (Lipinski definition) is 0. The molecule has 0 spiro atoms. The summed E-state index contributed by atoms with van der Waals surface area (Å²) in [5, 5.41) is -0.109. The molecule has 1 heterocycles. The second kappa shape index (κ2) is 6.06. The van der Waals surface area contributed by atoms with Crippen molar-refractivity contribution in [2.75, 3.05) is 19.1 Å². The van der Waals surface area contributed by atoms with Crippen LogP contribution < -0.4 is 4.74 Å². The van der Waals surface area contributed by atoms with Gasteiger partial charge in [-0.05, 0) is 32.2 Å². The number of benzene rings is 1. The molecule has 0 radical (unpaired) electrons. The van der Waals surface area contributed by atoms with Crippen LogP contribution in [0.1, 0.15) is 31.1 Å². The number of thioether (sulfide) groups is 1. The Morgan fingerprint density at radius 3 is 2.74 bits per heavy atom. The van der Waals surface area contributed by atoms with Gasteiger partial charge in [-0.15, -0.1) is 11.6 Å². The van der Waals surface area contributed by atoms with Crippen LogP contribution >= 0.6 is 23.4 Å². The topological polar surface area (TPSA) is 27.1 Å². The first-order chi connectivity index (χ1) is 9.08. The summed E-state index contributed by atoms with van der Waals surface area (Å²) in [6.45, 7) is 4.15. The number of aromatic nitrogens is 2. The molecular weight excluding hydrogens is 280 g/mol. The minimum absolute atomic E-state index is 0.109. The molecule has 2 unspecified atom stereocenters. The van der Waals surface area contributed by atoms with Crippen LogP contribution in [0, 0.1) is 0 Å². The van der Waals surface area contributed by atoms with Crippen molar-refractivity contribution in [3.8, 4) is 5.75 Å². The standard InChI is InChI=1S/C14H19ClN2OS/c1-9(8-19-4)17-13-7-11(18-3)5-6-12(13)16-14(17)10(2)15/h5-7,9-10H,8H2,1-4H3. The maximum Gasteiger partial charge on any atom is 0.127 e. The summed E-state index contributed by atoms with van der Waals surface area (Å²) in [7, 11) is 1.68. The van der Waals surface area contributed by atoms with Crippen molar-refractivity contribution in [1.82, 2.24) is 9.55 Å². The number of imidazole rings is 1. The number of hydrogen-bond acceptors (Lipinski definition) is 3. The SMILES string of the molecule is COc1ccc2nc(C(C)Cl)n(C(C)CSC)c2c1. The van der Waals surface area contributed by atoms with Crippen LogP contribution in [-0.4, -0.2) is 28.7 Å². The van der Waals surface area contributed by atoms with Gasteiger partial charge in [0.15, 0.2) is 0 Å². The van der Waals surface area contributed by atoms with Gasteiger partial charge < -0.3 is 9.30 Å². The van der Waals surface area contributed by atoms with Gasteiger partial charge in [-0.2, -0.15) is 11.8 Å². The van der Waals surface area contributed by atoms with Gasteiger partial charge in [0.2, 0.25) is 0 Å². The molecule has 0 bridgehead atoms. The number of rotatable bonds is 5. The highest BCUT2D eigenvalue weighted by Crippen LogP contribution is 2.31. The Bertz CT molecular complexity index is 568. The smallest absolute Gasteiger partial charge is 0.127 e. The predicted octanol–water partition coefficient (Wildman–Crippen LogP) is 4.27. The fourth-order valence-corrected chi connectivity index (χ4v) is 3.06. The molecule has 2 atom stereocenters. The Labute approximate surface area is 123 Å². The molecule has 5 heteroatoms. The summed E-state index contributed by atoms with van der Waals surface area (Å²) < 4.78 is 7.54. The van der Waals surface area contributed by atoms with Crippen LogP contribution in [0.5, 0.6) is 5.75 Å². The van der Waals surface area contributed by atoms with Crippen molar-refractivity contribution in [2.24, 2.45) is 0 Å². The summed E-state index contributed by atoms with van der Waals surface area (Å²) in [6.07, 6.45) is 2.11. The van der Waals surface area contributed by atoms with E-state index in [1.165, 1.54) is 0 Å². The summed E-state index contributed by atoms with van der Waals surface area (Å²) in [5.74, 6) is 2.80. The summed E-state index contributed by atoms with van der Waals surface area (Å²) >= 11 is 8.10. The molecule has 2 aromatic rings. The van der Waals surface area contributed by atoms with Gasteiger partial charge in [0, 0.05) is 17.9 Å². The number of alkyl halides is 1. The van der Waals surface area contributed by atoms with E-state index in [1.54, 1.807) is 7.11 Å². The first-order valence-corrected chi connectivity index (χ1v) is 8.10. The summed E-state index contributed by atoms with van der Waals surface area (Å²) in [6, 6.07) is 6.30. The highest BCUT2D eigenvalue weighted by molar-refractivity contribution is 7.98. The lowest BCUT2D eigenvalue weighted by Gasteiger charge is -2.17. The zero-order valence-corrected chi connectivity index (χ0v) is 13.3. The van der Waals surface area contributed by atoms with Crippen LogP contribution in [-0.2, 0) is 0 Å². The Balaban J connectivity index is 2.63. The summed E-state index contributed by atoms with van der Waals surface area (Å²) in [5.41, 5.74) is 2.06. The van der Waals surface area contributed by atoms with E-state index in [0.717, 1.165) is 28.4 Å². The summed E-state index contributed by atoms with van der Waals surface area (Å²) in [4.78, 5) is 4.66. The second-order valence-corrected chi connectivity index (χ2v) is 6.18. The van der Waals surface area contributed by atoms with Crippen LogP contribution in [0.3, 0.4) is 0 Å². The quantitative estimate of drug-likeness (QED) is 0.771. The number of nitrogens with zero attached hydrogens (tertiary/aromatic N) is 2. The van der Waals surface area contributed by atoms with Crippen molar-refractivity contribution >= 4 is 34.4 Å². The predicted molar refractivity (Wildman–Crippen MR) is 83.6 cm³/mol. The Hall–Kier alpha value is -0.870. The van der Waals surface area contributed by atoms with Crippen molar-refractivity contribution in [3.63, 3.8) is 0 Å². The van der Waals surface area contributed by atoms with Crippen molar-refractivity contribution in [3.05, 3.63) is 24.0 Å². The maximum absolute atomic E-state index is 6.28. The zero-order chi connectivity index (χ0) is 14.0. The molecule has 3 nitrogen and oxygen atoms in total. The molecule has 2 rings (SSSR count).